The van der Waals surface area contributed by atoms with E-state index in [1.54, 1.807) is 0 Å². The van der Waals surface area contributed by atoms with E-state index in [2.05, 4.69) is 0 Å². The first-order valence-corrected chi connectivity index (χ1v) is 5.53. The Morgan fingerprint density at radius 2 is 0.950 bits per heavy atom. The van der Waals surface area contributed by atoms with Gasteiger partial charge in [-0.05, 0) is 11.1 Å². The zero-order chi connectivity index (χ0) is 14.3. The molecular weight excluding hydrogens is 386 g/mol. The van der Waals surface area contributed by atoms with Crippen molar-refractivity contribution >= 4 is 31.2 Å². The smallest absolute Gasteiger partial charge is 0.418 e. The third-order valence-corrected chi connectivity index (χ3v) is 2.23. The van der Waals surface area contributed by atoms with Gasteiger partial charge in [0, 0.05) is 0 Å². The number of rotatable bonds is 2. The van der Waals surface area contributed by atoms with Gasteiger partial charge in [0.05, 0.1) is 0 Å². The zero-order valence-corrected chi connectivity index (χ0v) is 12.6. The van der Waals surface area contributed by atoms with Crippen molar-refractivity contribution in [1.82, 2.24) is 0 Å². The summed E-state index contributed by atoms with van der Waals surface area (Å²) in [6, 6.07) is 19.3. The normalized spacial score (nSPS) is 10.3. The van der Waals surface area contributed by atoms with E-state index in [1.165, 1.54) is 0 Å². The van der Waals surface area contributed by atoms with Crippen LogP contribution in [0.4, 0.5) is 17.3 Å². The van der Waals surface area contributed by atoms with Gasteiger partial charge in [-0.3, -0.25) is 0 Å². The van der Waals surface area contributed by atoms with E-state index in [-0.39, 0.29) is 24.0 Å². The Balaban J connectivity index is 0.000000526. The molecule has 0 aromatic heterocycles. The quantitative estimate of drug-likeness (QED) is 0.442. The molecule has 0 aliphatic carbocycles. The Labute approximate surface area is 131 Å². The van der Waals surface area contributed by atoms with Gasteiger partial charge in [-0.1, -0.05) is 60.7 Å². The molecule has 0 atom stereocenters. The van der Waals surface area contributed by atoms with Crippen LogP contribution in [0.5, 0.6) is 0 Å². The Kier molecular flexibility index (Phi) is 8.48. The van der Waals surface area contributed by atoms with Crippen molar-refractivity contribution in [2.24, 2.45) is 0 Å². The number of benzene rings is 2. The first kappa shape index (κ1) is 18.9. The molecule has 1 N–H and O–H groups in total. The Bertz CT molecular complexity index is 433. The van der Waals surface area contributed by atoms with Crippen molar-refractivity contribution in [3.05, 3.63) is 71.8 Å². The molecule has 20 heavy (non-hydrogen) atoms. The molecule has 7 heteroatoms. The zero-order valence-electron chi connectivity index (χ0n) is 10.3. The van der Waals surface area contributed by atoms with E-state index < -0.39 is 13.4 Å². The van der Waals surface area contributed by atoms with Gasteiger partial charge in [-0.25, -0.2) is 0 Å². The lowest BCUT2D eigenvalue weighted by Gasteiger charge is -2.10. The number of aliphatic hydroxyl groups excluding tert-OH is 1. The Hall–Kier alpha value is -1.09. The van der Waals surface area contributed by atoms with Crippen LogP contribution < -0.4 is 0 Å². The van der Waals surface area contributed by atoms with Gasteiger partial charge in [-0.15, -0.1) is 24.0 Å². The van der Waals surface area contributed by atoms with Crippen LogP contribution in [-0.2, 0) is 0 Å². The predicted octanol–water partition coefficient (Wildman–Crippen LogP) is 4.69. The molecule has 0 spiro atoms. The van der Waals surface area contributed by atoms with Crippen molar-refractivity contribution in [2.75, 3.05) is 0 Å². The fraction of sp³-hybridized carbons (Fsp3) is 0.0769. The summed E-state index contributed by atoms with van der Waals surface area (Å²) in [5.74, 6) is 0. The number of halogens is 5. The van der Waals surface area contributed by atoms with Gasteiger partial charge in [-0.2, -0.15) is 0 Å². The van der Waals surface area contributed by atoms with Gasteiger partial charge < -0.3 is 22.4 Å². The molecule has 0 bridgehead atoms. The summed E-state index contributed by atoms with van der Waals surface area (Å²) >= 11 is 0. The maximum absolute atomic E-state index is 9.99. The van der Waals surface area contributed by atoms with Crippen molar-refractivity contribution in [3.63, 3.8) is 0 Å². The molecule has 0 radical (unpaired) electrons. The minimum atomic E-state index is -6.00. The maximum atomic E-state index is 9.99. The van der Waals surface area contributed by atoms with Crippen LogP contribution in [0.1, 0.15) is 17.2 Å². The van der Waals surface area contributed by atoms with Gasteiger partial charge in [0.25, 0.3) is 0 Å². The van der Waals surface area contributed by atoms with Gasteiger partial charge >= 0.3 is 7.25 Å². The molecule has 0 fully saturated rings. The average Bonchev–Trinajstić information content (AvgIpc) is 2.38. The second kappa shape index (κ2) is 8.96. The van der Waals surface area contributed by atoms with E-state index in [0.717, 1.165) is 11.1 Å². The molecule has 0 saturated heterocycles. The van der Waals surface area contributed by atoms with Crippen LogP contribution >= 0.6 is 24.0 Å². The van der Waals surface area contributed by atoms with Crippen molar-refractivity contribution in [1.29, 1.82) is 0 Å². The van der Waals surface area contributed by atoms with Gasteiger partial charge in [0.1, 0.15) is 6.10 Å². The van der Waals surface area contributed by atoms with Crippen LogP contribution in [0.25, 0.3) is 0 Å². The highest BCUT2D eigenvalue weighted by Gasteiger charge is 2.20. The molecular formula is C13H13BF4IO-. The van der Waals surface area contributed by atoms with Gasteiger partial charge in [0.15, 0.2) is 0 Å². The molecule has 2 aromatic rings. The maximum Gasteiger partial charge on any atom is 0.673 e. The fourth-order valence-corrected chi connectivity index (χ4v) is 1.46. The minimum Gasteiger partial charge on any atom is -0.418 e. The molecule has 2 aromatic carbocycles. The standard InChI is InChI=1S/C13H12O.BF4.HI/c14-13(11-7-3-1-4-8-11)12-9-5-2-6-10-12;2-1(3,4)5;/h1-10,13-14H;;1H/q;-1;. The molecule has 0 amide bonds. The van der Waals surface area contributed by atoms with Crippen LogP contribution in [-0.4, -0.2) is 12.4 Å². The van der Waals surface area contributed by atoms with Crippen LogP contribution in [0.15, 0.2) is 60.7 Å². The van der Waals surface area contributed by atoms with E-state index >= 15 is 0 Å². The predicted molar refractivity (Wildman–Crippen MR) is 82.5 cm³/mol. The summed E-state index contributed by atoms with van der Waals surface area (Å²) in [4.78, 5) is 0. The topological polar surface area (TPSA) is 20.2 Å². The molecule has 0 aliphatic heterocycles. The van der Waals surface area contributed by atoms with Crippen LogP contribution in [0, 0.1) is 0 Å². The molecule has 0 unspecified atom stereocenters. The number of hydrogen-bond acceptors (Lipinski definition) is 1. The molecule has 0 heterocycles. The lowest BCUT2D eigenvalue weighted by atomic mass is 10.0. The first-order chi connectivity index (χ1) is 8.88. The lowest BCUT2D eigenvalue weighted by molar-refractivity contribution is 0.220. The van der Waals surface area contributed by atoms with E-state index in [9.17, 15) is 22.4 Å². The largest absolute Gasteiger partial charge is 0.673 e. The lowest BCUT2D eigenvalue weighted by Crippen LogP contribution is -2.02. The SMILES string of the molecule is F[B-](F)(F)F.I.OC(c1ccccc1)c1ccccc1. The summed E-state index contributed by atoms with van der Waals surface area (Å²) in [6.45, 7) is 0. The molecule has 2 rings (SSSR count). The van der Waals surface area contributed by atoms with E-state index in [4.69, 9.17) is 0 Å². The second-order valence-electron chi connectivity index (χ2n) is 3.72. The second-order valence-corrected chi connectivity index (χ2v) is 3.72. The average molecular weight is 399 g/mol. The van der Waals surface area contributed by atoms with Crippen molar-refractivity contribution < 1.29 is 22.4 Å². The fourth-order valence-electron chi connectivity index (χ4n) is 1.46. The Morgan fingerprint density at radius 1 is 0.700 bits per heavy atom. The highest BCUT2D eigenvalue weighted by atomic mass is 127. The molecule has 0 saturated carbocycles. The Morgan fingerprint density at radius 3 is 1.20 bits per heavy atom. The molecule has 110 valence electrons. The molecule has 0 aliphatic rings. The minimum absolute atomic E-state index is 0. The van der Waals surface area contributed by atoms with Crippen molar-refractivity contribution in [2.45, 2.75) is 6.10 Å². The van der Waals surface area contributed by atoms with E-state index in [0.29, 0.717) is 0 Å². The summed E-state index contributed by atoms with van der Waals surface area (Å²) in [5, 5.41) is 9.99. The third-order valence-electron chi connectivity index (χ3n) is 2.23. The number of hydrogen-bond donors (Lipinski definition) is 1. The van der Waals surface area contributed by atoms with Crippen LogP contribution in [0.3, 0.4) is 0 Å². The van der Waals surface area contributed by atoms with Crippen molar-refractivity contribution in [3.8, 4) is 0 Å². The van der Waals surface area contributed by atoms with E-state index in [1.807, 2.05) is 60.7 Å². The highest BCUT2D eigenvalue weighted by Crippen LogP contribution is 2.20. The first-order valence-electron chi connectivity index (χ1n) is 5.53. The van der Waals surface area contributed by atoms with Gasteiger partial charge in [0.2, 0.25) is 0 Å². The summed E-state index contributed by atoms with van der Waals surface area (Å²) in [6.07, 6.45) is -0.516. The summed E-state index contributed by atoms with van der Waals surface area (Å²) in [5.41, 5.74) is 1.86. The third kappa shape index (κ3) is 8.16. The van der Waals surface area contributed by atoms with Crippen LogP contribution in [0.2, 0.25) is 0 Å². The highest BCUT2D eigenvalue weighted by molar-refractivity contribution is 14.0. The number of aliphatic hydroxyl groups is 1. The monoisotopic (exact) mass is 399 g/mol. The summed E-state index contributed by atoms with van der Waals surface area (Å²) in [7, 11) is -6.00. The molecule has 1 nitrogen and oxygen atoms in total. The summed E-state index contributed by atoms with van der Waals surface area (Å²) < 4.78 is 39.0.